The van der Waals surface area contributed by atoms with Gasteiger partial charge in [0.2, 0.25) is 0 Å². The minimum absolute atomic E-state index is 0.106. The van der Waals surface area contributed by atoms with Gasteiger partial charge in [0.15, 0.2) is 0 Å². The predicted octanol–water partition coefficient (Wildman–Crippen LogP) is 4.52. The number of alkyl halides is 1. The highest BCUT2D eigenvalue weighted by Crippen LogP contribution is 2.30. The molecule has 2 aromatic carbocycles. The number of nitro benzene ring substituents is 1. The molecule has 4 nitrogen and oxygen atoms in total. The topological polar surface area (TPSA) is 52.4 Å². The normalized spacial score (nSPS) is 11.9. The lowest BCUT2D eigenvalue weighted by atomic mass is 10.0. The van der Waals surface area contributed by atoms with Crippen molar-refractivity contribution in [3.63, 3.8) is 0 Å². The summed E-state index contributed by atoms with van der Waals surface area (Å²) in [5.74, 6) is 0.788. The summed E-state index contributed by atoms with van der Waals surface area (Å²) < 4.78 is 5.38. The minimum atomic E-state index is -0.378. The predicted molar refractivity (Wildman–Crippen MR) is 83.0 cm³/mol. The van der Waals surface area contributed by atoms with Crippen LogP contribution in [0.1, 0.15) is 23.4 Å². The van der Waals surface area contributed by atoms with Gasteiger partial charge in [-0.2, -0.15) is 0 Å². The van der Waals surface area contributed by atoms with Crippen molar-refractivity contribution in [3.05, 3.63) is 69.8 Å². The first-order valence-electron chi connectivity index (χ1n) is 6.71. The number of benzene rings is 2. The van der Waals surface area contributed by atoms with E-state index in [2.05, 4.69) is 0 Å². The number of para-hydroxylation sites is 1. The van der Waals surface area contributed by atoms with Crippen LogP contribution in [0.15, 0.2) is 48.5 Å². The van der Waals surface area contributed by atoms with Crippen molar-refractivity contribution in [1.29, 1.82) is 0 Å². The van der Waals surface area contributed by atoms with Crippen molar-refractivity contribution in [2.24, 2.45) is 0 Å². The van der Waals surface area contributed by atoms with Gasteiger partial charge in [-0.05, 0) is 31.0 Å². The zero-order valence-electron chi connectivity index (χ0n) is 11.7. The summed E-state index contributed by atoms with van der Waals surface area (Å²) in [5, 5.41) is 10.7. The van der Waals surface area contributed by atoms with E-state index < -0.39 is 0 Å². The first-order valence-corrected chi connectivity index (χ1v) is 7.14. The Bertz CT molecular complexity index is 613. The van der Waals surface area contributed by atoms with Crippen LogP contribution in [-0.2, 0) is 6.42 Å². The molecule has 5 heteroatoms. The second-order valence-corrected chi connectivity index (χ2v) is 5.09. The van der Waals surface area contributed by atoms with E-state index in [0.29, 0.717) is 18.6 Å². The van der Waals surface area contributed by atoms with Gasteiger partial charge >= 0.3 is 0 Å². The van der Waals surface area contributed by atoms with Crippen molar-refractivity contribution in [2.75, 3.05) is 6.61 Å². The third-order valence-electron chi connectivity index (χ3n) is 3.14. The fraction of sp³-hybridized carbons (Fsp3) is 0.250. The summed E-state index contributed by atoms with van der Waals surface area (Å²) >= 11 is 6.38. The summed E-state index contributed by atoms with van der Waals surface area (Å²) in [6.07, 6.45) is 0.409. The van der Waals surface area contributed by atoms with Gasteiger partial charge in [0.05, 0.1) is 16.9 Å². The van der Waals surface area contributed by atoms with Crippen LogP contribution in [0.25, 0.3) is 0 Å². The zero-order valence-corrected chi connectivity index (χ0v) is 12.4. The lowest BCUT2D eigenvalue weighted by Gasteiger charge is -2.11. The molecule has 0 spiro atoms. The van der Waals surface area contributed by atoms with Crippen LogP contribution in [0.2, 0.25) is 0 Å². The second kappa shape index (κ2) is 7.09. The highest BCUT2D eigenvalue weighted by molar-refractivity contribution is 6.21. The van der Waals surface area contributed by atoms with Crippen LogP contribution in [-0.4, -0.2) is 11.5 Å². The highest BCUT2D eigenvalue weighted by Gasteiger charge is 2.17. The van der Waals surface area contributed by atoms with Crippen LogP contribution in [0.3, 0.4) is 0 Å². The van der Waals surface area contributed by atoms with Gasteiger partial charge in [-0.15, -0.1) is 11.6 Å². The molecule has 0 fully saturated rings. The van der Waals surface area contributed by atoms with E-state index in [1.54, 1.807) is 18.2 Å². The van der Waals surface area contributed by atoms with Crippen LogP contribution in [0.5, 0.6) is 5.75 Å². The SMILES string of the molecule is CCOc1ccc(C(Cl)Cc2ccccc2[N+](=O)[O-])cc1. The van der Waals surface area contributed by atoms with E-state index in [1.165, 1.54) is 6.07 Å². The molecular formula is C16H16ClNO3. The van der Waals surface area contributed by atoms with Gasteiger partial charge in [-0.25, -0.2) is 0 Å². The highest BCUT2D eigenvalue weighted by atomic mass is 35.5. The zero-order chi connectivity index (χ0) is 15.2. The van der Waals surface area contributed by atoms with E-state index in [0.717, 1.165) is 11.3 Å². The molecule has 0 aliphatic rings. The number of hydrogen-bond acceptors (Lipinski definition) is 3. The molecule has 1 unspecified atom stereocenters. The van der Waals surface area contributed by atoms with Crippen molar-refractivity contribution in [3.8, 4) is 5.75 Å². The molecule has 0 amide bonds. The smallest absolute Gasteiger partial charge is 0.272 e. The van der Waals surface area contributed by atoms with Gasteiger partial charge in [0.1, 0.15) is 5.75 Å². The Labute approximate surface area is 128 Å². The largest absolute Gasteiger partial charge is 0.494 e. The maximum atomic E-state index is 11.0. The standard InChI is InChI=1S/C16H16ClNO3/c1-2-21-14-9-7-12(8-10-14)15(17)11-13-5-3-4-6-16(13)18(19)20/h3-10,15H,2,11H2,1H3. The van der Waals surface area contributed by atoms with Crippen molar-refractivity contribution in [1.82, 2.24) is 0 Å². The average Bonchev–Trinajstić information content (AvgIpc) is 2.48. The molecule has 0 saturated heterocycles. The van der Waals surface area contributed by atoms with Gasteiger partial charge in [-0.3, -0.25) is 10.1 Å². The number of nitro groups is 1. The number of halogens is 1. The Balaban J connectivity index is 2.14. The molecule has 0 saturated carbocycles. The first-order chi connectivity index (χ1) is 10.1. The lowest BCUT2D eigenvalue weighted by Crippen LogP contribution is -2.00. The number of hydrogen-bond donors (Lipinski definition) is 0. The van der Waals surface area contributed by atoms with Crippen LogP contribution < -0.4 is 4.74 Å². The maximum absolute atomic E-state index is 11.0. The monoisotopic (exact) mass is 305 g/mol. The van der Waals surface area contributed by atoms with E-state index in [1.807, 2.05) is 31.2 Å². The summed E-state index contributed by atoms with van der Waals surface area (Å²) in [6.45, 7) is 2.53. The molecular weight excluding hydrogens is 290 g/mol. The van der Waals surface area contributed by atoms with Gasteiger partial charge < -0.3 is 4.74 Å². The summed E-state index contributed by atoms with van der Waals surface area (Å²) in [7, 11) is 0. The Morgan fingerprint density at radius 3 is 2.48 bits per heavy atom. The van der Waals surface area contributed by atoms with Gasteiger partial charge in [0, 0.05) is 11.6 Å². The van der Waals surface area contributed by atoms with E-state index in [4.69, 9.17) is 16.3 Å². The molecule has 2 aromatic rings. The molecule has 0 N–H and O–H groups in total. The summed E-state index contributed by atoms with van der Waals surface area (Å²) in [4.78, 5) is 10.6. The number of rotatable bonds is 6. The third-order valence-corrected chi connectivity index (χ3v) is 3.55. The Kier molecular flexibility index (Phi) is 5.17. The first kappa shape index (κ1) is 15.3. The van der Waals surface area contributed by atoms with Crippen LogP contribution in [0, 0.1) is 10.1 Å². The molecule has 0 aliphatic carbocycles. The minimum Gasteiger partial charge on any atom is -0.494 e. The Morgan fingerprint density at radius 2 is 1.86 bits per heavy atom. The lowest BCUT2D eigenvalue weighted by molar-refractivity contribution is -0.385. The fourth-order valence-corrected chi connectivity index (χ4v) is 2.42. The molecule has 1 atom stereocenters. The molecule has 0 aliphatic heterocycles. The van der Waals surface area contributed by atoms with Crippen LogP contribution in [0.4, 0.5) is 5.69 Å². The molecule has 0 aromatic heterocycles. The number of nitrogens with zero attached hydrogens (tertiary/aromatic N) is 1. The van der Waals surface area contributed by atoms with E-state index in [-0.39, 0.29) is 16.0 Å². The molecule has 110 valence electrons. The van der Waals surface area contributed by atoms with Crippen molar-refractivity contribution >= 4 is 17.3 Å². The van der Waals surface area contributed by atoms with E-state index >= 15 is 0 Å². The molecule has 21 heavy (non-hydrogen) atoms. The summed E-state index contributed by atoms with van der Waals surface area (Å²) in [5.41, 5.74) is 1.66. The Morgan fingerprint density at radius 1 is 1.19 bits per heavy atom. The fourth-order valence-electron chi connectivity index (χ4n) is 2.11. The van der Waals surface area contributed by atoms with Crippen molar-refractivity contribution < 1.29 is 9.66 Å². The average molecular weight is 306 g/mol. The maximum Gasteiger partial charge on any atom is 0.272 e. The van der Waals surface area contributed by atoms with Gasteiger partial charge in [-0.1, -0.05) is 30.3 Å². The quantitative estimate of drug-likeness (QED) is 0.448. The molecule has 0 heterocycles. The number of ether oxygens (including phenoxy) is 1. The summed E-state index contributed by atoms with van der Waals surface area (Å²) in [6, 6.07) is 14.2. The van der Waals surface area contributed by atoms with E-state index in [9.17, 15) is 10.1 Å². The molecule has 0 radical (unpaired) electrons. The Hall–Kier alpha value is -2.07. The molecule has 0 bridgehead atoms. The van der Waals surface area contributed by atoms with Crippen LogP contribution >= 0.6 is 11.6 Å². The van der Waals surface area contributed by atoms with Gasteiger partial charge in [0.25, 0.3) is 5.69 Å². The second-order valence-electron chi connectivity index (χ2n) is 4.56. The molecule has 2 rings (SSSR count). The van der Waals surface area contributed by atoms with Crippen molar-refractivity contribution in [2.45, 2.75) is 18.7 Å². The third kappa shape index (κ3) is 3.95.